The lowest BCUT2D eigenvalue weighted by atomic mass is 9.96. The van der Waals surface area contributed by atoms with Crippen molar-refractivity contribution in [1.29, 1.82) is 0 Å². The first kappa shape index (κ1) is 8.27. The van der Waals surface area contributed by atoms with Gasteiger partial charge in [0.15, 0.2) is 0 Å². The first-order chi connectivity index (χ1) is 5.83. The summed E-state index contributed by atoms with van der Waals surface area (Å²) in [7, 11) is 0. The molecule has 1 aliphatic rings. The molecule has 1 aliphatic heterocycles. The molecule has 1 N–H and O–H groups in total. The summed E-state index contributed by atoms with van der Waals surface area (Å²) in [5.41, 5.74) is 3.04. The van der Waals surface area contributed by atoms with Crippen LogP contribution in [-0.4, -0.2) is 6.54 Å². The Kier molecular flexibility index (Phi) is 2.20. The second kappa shape index (κ2) is 3.19. The van der Waals surface area contributed by atoms with Crippen LogP contribution in [0.5, 0.6) is 0 Å². The average molecular weight is 181 g/mol. The van der Waals surface area contributed by atoms with Gasteiger partial charge >= 0.3 is 0 Å². The Morgan fingerprint density at radius 2 is 2.50 bits per heavy atom. The largest absolute Gasteiger partial charge is 0.312 e. The molecule has 1 unspecified atom stereocenters. The summed E-state index contributed by atoms with van der Waals surface area (Å²) in [6, 6.07) is 0. The molecule has 0 saturated heterocycles. The summed E-state index contributed by atoms with van der Waals surface area (Å²) in [4.78, 5) is 1.63. The lowest BCUT2D eigenvalue weighted by Crippen LogP contribution is -2.26. The molecule has 0 aromatic carbocycles. The molecule has 1 aromatic rings. The highest BCUT2D eigenvalue weighted by Gasteiger charge is 2.20. The van der Waals surface area contributed by atoms with Gasteiger partial charge in [-0.3, -0.25) is 0 Å². The fourth-order valence-corrected chi connectivity index (χ4v) is 3.12. The second-order valence-electron chi connectivity index (χ2n) is 3.50. The third-order valence-corrected chi connectivity index (χ3v) is 4.00. The molecule has 0 radical (unpaired) electrons. The lowest BCUT2D eigenvalue weighted by molar-refractivity contribution is 0.538. The van der Waals surface area contributed by atoms with E-state index in [9.17, 15) is 0 Å². The summed E-state index contributed by atoms with van der Waals surface area (Å²) >= 11 is 1.94. The Labute approximate surface area is 77.8 Å². The van der Waals surface area contributed by atoms with Crippen LogP contribution in [-0.2, 0) is 6.54 Å². The molecule has 1 aromatic heterocycles. The highest BCUT2D eigenvalue weighted by molar-refractivity contribution is 7.10. The Hall–Kier alpha value is -0.340. The number of hydrogen-bond donors (Lipinski definition) is 1. The van der Waals surface area contributed by atoms with Crippen molar-refractivity contribution in [2.24, 2.45) is 0 Å². The fraction of sp³-hybridized carbons (Fsp3) is 0.600. The third-order valence-electron chi connectivity index (χ3n) is 2.69. The molecule has 0 amide bonds. The van der Waals surface area contributed by atoms with Crippen LogP contribution in [0, 0.1) is 6.92 Å². The van der Waals surface area contributed by atoms with Gasteiger partial charge in [0.1, 0.15) is 0 Å². The molecule has 66 valence electrons. The zero-order valence-electron chi connectivity index (χ0n) is 7.68. The van der Waals surface area contributed by atoms with Gasteiger partial charge in [0, 0.05) is 23.9 Å². The van der Waals surface area contributed by atoms with Crippen molar-refractivity contribution in [2.45, 2.75) is 32.7 Å². The first-order valence-corrected chi connectivity index (χ1v) is 5.48. The van der Waals surface area contributed by atoms with E-state index in [1.165, 1.54) is 18.5 Å². The van der Waals surface area contributed by atoms with Crippen LogP contribution < -0.4 is 5.32 Å². The van der Waals surface area contributed by atoms with E-state index >= 15 is 0 Å². The quantitative estimate of drug-likeness (QED) is 0.702. The Morgan fingerprint density at radius 3 is 3.25 bits per heavy atom. The van der Waals surface area contributed by atoms with Crippen LogP contribution in [0.15, 0.2) is 5.38 Å². The van der Waals surface area contributed by atoms with Crippen molar-refractivity contribution in [3.8, 4) is 0 Å². The van der Waals surface area contributed by atoms with E-state index in [0.717, 1.165) is 12.5 Å². The highest BCUT2D eigenvalue weighted by Crippen LogP contribution is 2.33. The topological polar surface area (TPSA) is 12.0 Å². The van der Waals surface area contributed by atoms with Crippen LogP contribution in [0.2, 0.25) is 0 Å². The number of thiophene rings is 1. The number of nitrogens with one attached hydrogen (secondary N) is 1. The molecular weight excluding hydrogens is 166 g/mol. The number of fused-ring (bicyclic) bond motifs is 1. The number of aryl methyl sites for hydroxylation is 1. The smallest absolute Gasteiger partial charge is 0.0219 e. The molecule has 0 aliphatic carbocycles. The van der Waals surface area contributed by atoms with Crippen molar-refractivity contribution in [3.63, 3.8) is 0 Å². The standard InChI is InChI=1S/C10H15NS/c1-3-8-4-11-5-9-7(2)6-12-10(8)9/h6,8,11H,3-5H2,1-2H3. The maximum Gasteiger partial charge on any atom is 0.0219 e. The second-order valence-corrected chi connectivity index (χ2v) is 4.41. The van der Waals surface area contributed by atoms with Gasteiger partial charge in [0.2, 0.25) is 0 Å². The maximum atomic E-state index is 3.48. The van der Waals surface area contributed by atoms with Crippen molar-refractivity contribution in [2.75, 3.05) is 6.54 Å². The van der Waals surface area contributed by atoms with E-state index in [4.69, 9.17) is 0 Å². The molecule has 1 nitrogen and oxygen atoms in total. The summed E-state index contributed by atoms with van der Waals surface area (Å²) in [5.74, 6) is 0.771. The summed E-state index contributed by atoms with van der Waals surface area (Å²) in [6.45, 7) is 6.75. The maximum absolute atomic E-state index is 3.48. The summed E-state index contributed by atoms with van der Waals surface area (Å²) < 4.78 is 0. The van der Waals surface area contributed by atoms with Crippen LogP contribution in [0.1, 0.15) is 35.3 Å². The molecule has 2 heterocycles. The van der Waals surface area contributed by atoms with E-state index in [1.54, 1.807) is 10.4 Å². The number of hydrogen-bond acceptors (Lipinski definition) is 2. The monoisotopic (exact) mass is 181 g/mol. The minimum atomic E-state index is 0.771. The minimum Gasteiger partial charge on any atom is -0.312 e. The van der Waals surface area contributed by atoms with E-state index in [0.29, 0.717) is 0 Å². The molecule has 0 fully saturated rings. The average Bonchev–Trinajstić information content (AvgIpc) is 2.48. The minimum absolute atomic E-state index is 0.771. The van der Waals surface area contributed by atoms with Gasteiger partial charge in [-0.2, -0.15) is 0 Å². The molecule has 1 atom stereocenters. The lowest BCUT2D eigenvalue weighted by Gasteiger charge is -2.22. The molecular formula is C10H15NS. The zero-order chi connectivity index (χ0) is 8.55. The van der Waals surface area contributed by atoms with Gasteiger partial charge in [0.05, 0.1) is 0 Å². The predicted octanol–water partition coefficient (Wildman–Crippen LogP) is 2.65. The highest BCUT2D eigenvalue weighted by atomic mass is 32.1. The molecule has 2 rings (SSSR count). The predicted molar refractivity (Wildman–Crippen MR) is 53.8 cm³/mol. The zero-order valence-corrected chi connectivity index (χ0v) is 8.50. The van der Waals surface area contributed by atoms with Crippen molar-refractivity contribution in [1.82, 2.24) is 5.32 Å². The Morgan fingerprint density at radius 1 is 1.67 bits per heavy atom. The first-order valence-electron chi connectivity index (χ1n) is 4.60. The van der Waals surface area contributed by atoms with Gasteiger partial charge in [0.25, 0.3) is 0 Å². The van der Waals surface area contributed by atoms with E-state index in [1.807, 2.05) is 11.3 Å². The van der Waals surface area contributed by atoms with Crippen LogP contribution in [0.3, 0.4) is 0 Å². The summed E-state index contributed by atoms with van der Waals surface area (Å²) in [6.07, 6.45) is 1.26. The molecule has 12 heavy (non-hydrogen) atoms. The van der Waals surface area contributed by atoms with Crippen molar-refractivity contribution >= 4 is 11.3 Å². The van der Waals surface area contributed by atoms with Crippen LogP contribution >= 0.6 is 11.3 Å². The van der Waals surface area contributed by atoms with E-state index < -0.39 is 0 Å². The SMILES string of the molecule is CCC1CNCc2c(C)csc21. The summed E-state index contributed by atoms with van der Waals surface area (Å²) in [5, 5.41) is 5.77. The molecule has 0 saturated carbocycles. The fourth-order valence-electron chi connectivity index (χ4n) is 1.85. The van der Waals surface area contributed by atoms with Crippen LogP contribution in [0.25, 0.3) is 0 Å². The van der Waals surface area contributed by atoms with Crippen molar-refractivity contribution < 1.29 is 0 Å². The molecule has 0 spiro atoms. The van der Waals surface area contributed by atoms with Gasteiger partial charge in [-0.25, -0.2) is 0 Å². The van der Waals surface area contributed by atoms with Gasteiger partial charge in [-0.15, -0.1) is 11.3 Å². The normalized spacial score (nSPS) is 22.3. The van der Waals surface area contributed by atoms with Gasteiger partial charge < -0.3 is 5.32 Å². The Bertz CT molecular complexity index is 277. The Balaban J connectivity index is 2.38. The van der Waals surface area contributed by atoms with Gasteiger partial charge in [-0.1, -0.05) is 6.92 Å². The van der Waals surface area contributed by atoms with Crippen LogP contribution in [0.4, 0.5) is 0 Å². The van der Waals surface area contributed by atoms with Gasteiger partial charge in [-0.05, 0) is 29.9 Å². The molecule has 2 heteroatoms. The van der Waals surface area contributed by atoms with E-state index in [-0.39, 0.29) is 0 Å². The third kappa shape index (κ3) is 1.19. The number of rotatable bonds is 1. The van der Waals surface area contributed by atoms with Crippen molar-refractivity contribution in [3.05, 3.63) is 21.4 Å². The van der Waals surface area contributed by atoms with E-state index in [2.05, 4.69) is 24.5 Å². The molecule has 0 bridgehead atoms.